The zero-order valence-electron chi connectivity index (χ0n) is 10.5. The van der Waals surface area contributed by atoms with Crippen LogP contribution in [0.2, 0.25) is 0 Å². The number of likely N-dealkylation sites (N-methyl/N-ethyl adjacent to an activating group) is 1. The molecule has 1 N–H and O–H groups in total. The van der Waals surface area contributed by atoms with Gasteiger partial charge in [0.05, 0.1) is 0 Å². The first-order valence-electron chi connectivity index (χ1n) is 6.98. The highest BCUT2D eigenvalue weighted by molar-refractivity contribution is 4.95. The highest BCUT2D eigenvalue weighted by atomic mass is 15.3. The normalized spacial score (nSPS) is 42.2. The molecule has 0 unspecified atom stereocenters. The number of hydrogen-bond acceptors (Lipinski definition) is 3. The molecule has 3 nitrogen and oxygen atoms in total. The molecule has 0 aromatic rings. The van der Waals surface area contributed by atoms with Crippen molar-refractivity contribution in [1.29, 1.82) is 0 Å². The van der Waals surface area contributed by atoms with Crippen molar-refractivity contribution < 1.29 is 0 Å². The van der Waals surface area contributed by atoms with Crippen LogP contribution in [0.5, 0.6) is 0 Å². The lowest BCUT2D eigenvalue weighted by Gasteiger charge is -2.44. The van der Waals surface area contributed by atoms with Crippen molar-refractivity contribution in [3.05, 3.63) is 0 Å². The van der Waals surface area contributed by atoms with Crippen LogP contribution in [0.1, 0.15) is 19.3 Å². The quantitative estimate of drug-likeness (QED) is 0.703. The lowest BCUT2D eigenvalue weighted by molar-refractivity contribution is 0.0494. The SMILES string of the molecule is CN1CCN([C@@H]2CCC[C@H]3CNC[C@H]32)CC1. The monoisotopic (exact) mass is 223 g/mol. The summed E-state index contributed by atoms with van der Waals surface area (Å²) in [5.74, 6) is 1.94. The van der Waals surface area contributed by atoms with Gasteiger partial charge < -0.3 is 10.2 Å². The predicted octanol–water partition coefficient (Wildman–Crippen LogP) is 0.622. The lowest BCUT2D eigenvalue weighted by atomic mass is 9.77. The Labute approximate surface area is 99.2 Å². The molecule has 3 rings (SSSR count). The maximum absolute atomic E-state index is 3.61. The molecule has 0 radical (unpaired) electrons. The molecule has 0 bridgehead atoms. The van der Waals surface area contributed by atoms with Gasteiger partial charge in [-0.25, -0.2) is 0 Å². The molecule has 3 atom stereocenters. The molecule has 1 saturated carbocycles. The third kappa shape index (κ3) is 2.01. The van der Waals surface area contributed by atoms with Gasteiger partial charge in [-0.3, -0.25) is 4.90 Å². The smallest absolute Gasteiger partial charge is 0.0140 e. The summed E-state index contributed by atoms with van der Waals surface area (Å²) in [5.41, 5.74) is 0. The van der Waals surface area contributed by atoms with Gasteiger partial charge in [-0.15, -0.1) is 0 Å². The third-order valence-electron chi connectivity index (χ3n) is 4.97. The topological polar surface area (TPSA) is 18.5 Å². The molecule has 3 fully saturated rings. The second kappa shape index (κ2) is 4.63. The lowest BCUT2D eigenvalue weighted by Crippen LogP contribution is -2.53. The second-order valence-corrected chi connectivity index (χ2v) is 5.92. The zero-order valence-corrected chi connectivity index (χ0v) is 10.5. The van der Waals surface area contributed by atoms with E-state index in [4.69, 9.17) is 0 Å². The Morgan fingerprint density at radius 1 is 1.00 bits per heavy atom. The Hall–Kier alpha value is -0.120. The Bertz CT molecular complexity index is 235. The van der Waals surface area contributed by atoms with E-state index in [-0.39, 0.29) is 0 Å². The summed E-state index contributed by atoms with van der Waals surface area (Å²) < 4.78 is 0. The van der Waals surface area contributed by atoms with Crippen LogP contribution in [-0.2, 0) is 0 Å². The number of fused-ring (bicyclic) bond motifs is 1. The van der Waals surface area contributed by atoms with E-state index in [1.165, 1.54) is 58.5 Å². The summed E-state index contributed by atoms with van der Waals surface area (Å²) in [6.07, 6.45) is 4.38. The molecule has 16 heavy (non-hydrogen) atoms. The first-order chi connectivity index (χ1) is 7.84. The highest BCUT2D eigenvalue weighted by Crippen LogP contribution is 2.35. The molecule has 0 aromatic heterocycles. The van der Waals surface area contributed by atoms with Gasteiger partial charge in [0.2, 0.25) is 0 Å². The van der Waals surface area contributed by atoms with Crippen molar-refractivity contribution in [2.45, 2.75) is 25.3 Å². The first kappa shape index (κ1) is 11.0. The van der Waals surface area contributed by atoms with Crippen LogP contribution < -0.4 is 5.32 Å². The molecular weight excluding hydrogens is 198 g/mol. The van der Waals surface area contributed by atoms with Crippen molar-refractivity contribution in [1.82, 2.24) is 15.1 Å². The molecule has 3 aliphatic rings. The summed E-state index contributed by atoms with van der Waals surface area (Å²) in [7, 11) is 2.25. The van der Waals surface area contributed by atoms with Gasteiger partial charge in [0.15, 0.2) is 0 Å². The minimum absolute atomic E-state index is 0.891. The van der Waals surface area contributed by atoms with Gasteiger partial charge in [0.1, 0.15) is 0 Å². The highest BCUT2D eigenvalue weighted by Gasteiger charge is 2.39. The fourth-order valence-electron chi connectivity index (χ4n) is 3.93. The maximum atomic E-state index is 3.61. The van der Waals surface area contributed by atoms with Crippen LogP contribution in [0, 0.1) is 11.8 Å². The molecule has 2 aliphatic heterocycles. The average molecular weight is 223 g/mol. The minimum atomic E-state index is 0.891. The van der Waals surface area contributed by atoms with Gasteiger partial charge in [0.25, 0.3) is 0 Å². The Balaban J connectivity index is 1.64. The van der Waals surface area contributed by atoms with E-state index in [1.807, 2.05) is 0 Å². The van der Waals surface area contributed by atoms with E-state index < -0.39 is 0 Å². The van der Waals surface area contributed by atoms with E-state index >= 15 is 0 Å². The van der Waals surface area contributed by atoms with Crippen LogP contribution in [-0.4, -0.2) is 62.2 Å². The molecular formula is C13H25N3. The molecule has 2 heterocycles. The fraction of sp³-hybridized carbons (Fsp3) is 1.00. The van der Waals surface area contributed by atoms with Gasteiger partial charge >= 0.3 is 0 Å². The van der Waals surface area contributed by atoms with Crippen molar-refractivity contribution in [3.63, 3.8) is 0 Å². The average Bonchev–Trinajstić information content (AvgIpc) is 2.78. The summed E-state index contributed by atoms with van der Waals surface area (Å²) in [5, 5.41) is 3.61. The second-order valence-electron chi connectivity index (χ2n) is 5.92. The minimum Gasteiger partial charge on any atom is -0.316 e. The van der Waals surface area contributed by atoms with E-state index in [2.05, 4.69) is 22.2 Å². The van der Waals surface area contributed by atoms with Crippen molar-refractivity contribution >= 4 is 0 Å². The number of hydrogen-bond donors (Lipinski definition) is 1. The van der Waals surface area contributed by atoms with E-state index in [0.29, 0.717) is 0 Å². The fourth-order valence-corrected chi connectivity index (χ4v) is 3.93. The number of piperazine rings is 1. The maximum Gasteiger partial charge on any atom is 0.0140 e. The number of nitrogens with one attached hydrogen (secondary N) is 1. The molecule has 92 valence electrons. The van der Waals surface area contributed by atoms with Gasteiger partial charge in [-0.2, -0.15) is 0 Å². The Morgan fingerprint density at radius 2 is 1.81 bits per heavy atom. The summed E-state index contributed by atoms with van der Waals surface area (Å²) >= 11 is 0. The van der Waals surface area contributed by atoms with Crippen LogP contribution in [0.15, 0.2) is 0 Å². The van der Waals surface area contributed by atoms with Crippen LogP contribution in [0.3, 0.4) is 0 Å². The van der Waals surface area contributed by atoms with Crippen LogP contribution >= 0.6 is 0 Å². The van der Waals surface area contributed by atoms with Crippen molar-refractivity contribution in [3.8, 4) is 0 Å². The van der Waals surface area contributed by atoms with Crippen LogP contribution in [0.25, 0.3) is 0 Å². The Kier molecular flexibility index (Phi) is 3.18. The molecule has 0 amide bonds. The molecule has 1 aliphatic carbocycles. The van der Waals surface area contributed by atoms with Crippen molar-refractivity contribution in [2.24, 2.45) is 11.8 Å². The summed E-state index contributed by atoms with van der Waals surface area (Å²) in [4.78, 5) is 5.24. The van der Waals surface area contributed by atoms with E-state index in [9.17, 15) is 0 Å². The first-order valence-corrected chi connectivity index (χ1v) is 6.98. The predicted molar refractivity (Wildman–Crippen MR) is 66.6 cm³/mol. The summed E-state index contributed by atoms with van der Waals surface area (Å²) in [6.45, 7) is 7.69. The largest absolute Gasteiger partial charge is 0.316 e. The van der Waals surface area contributed by atoms with Gasteiger partial charge in [0, 0.05) is 32.2 Å². The van der Waals surface area contributed by atoms with Crippen molar-refractivity contribution in [2.75, 3.05) is 46.3 Å². The van der Waals surface area contributed by atoms with Crippen LogP contribution in [0.4, 0.5) is 0 Å². The molecule has 0 aromatic carbocycles. The molecule has 2 saturated heterocycles. The third-order valence-corrected chi connectivity index (χ3v) is 4.97. The standard InChI is InChI=1S/C13H25N3/c1-15-5-7-16(8-6-15)13-4-2-3-11-9-14-10-12(11)13/h11-14H,2-10H2,1H3/t11-,12+,13+/m0/s1. The van der Waals surface area contributed by atoms with Gasteiger partial charge in [-0.1, -0.05) is 6.42 Å². The Morgan fingerprint density at radius 3 is 2.62 bits per heavy atom. The summed E-state index contributed by atoms with van der Waals surface area (Å²) in [6, 6.07) is 0.891. The zero-order chi connectivity index (χ0) is 11.0. The molecule has 3 heteroatoms. The van der Waals surface area contributed by atoms with E-state index in [0.717, 1.165) is 17.9 Å². The van der Waals surface area contributed by atoms with Gasteiger partial charge in [-0.05, 0) is 44.8 Å². The molecule has 0 spiro atoms. The number of rotatable bonds is 1. The van der Waals surface area contributed by atoms with E-state index in [1.54, 1.807) is 0 Å². The number of nitrogens with zero attached hydrogens (tertiary/aromatic N) is 2.